The summed E-state index contributed by atoms with van der Waals surface area (Å²) in [6.07, 6.45) is 5.60. The Balaban J connectivity index is 2.45. The molecular weight excluding hydrogens is 188 g/mol. The maximum absolute atomic E-state index is 11.4. The van der Waals surface area contributed by atoms with E-state index in [9.17, 15) is 4.79 Å². The Kier molecular flexibility index (Phi) is 5.09. The summed E-state index contributed by atoms with van der Waals surface area (Å²) in [6.45, 7) is 3.01. The summed E-state index contributed by atoms with van der Waals surface area (Å²) >= 11 is 0. The van der Waals surface area contributed by atoms with Gasteiger partial charge in [0.15, 0.2) is 0 Å². The van der Waals surface area contributed by atoms with E-state index in [0.29, 0.717) is 18.4 Å². The zero-order valence-corrected chi connectivity index (χ0v) is 10.3. The molecule has 1 saturated carbocycles. The van der Waals surface area contributed by atoms with E-state index in [1.165, 1.54) is 19.3 Å². The van der Waals surface area contributed by atoms with Gasteiger partial charge in [0.1, 0.15) is 0 Å². The van der Waals surface area contributed by atoms with E-state index in [1.54, 1.807) is 0 Å². The molecule has 2 atom stereocenters. The topological polar surface area (TPSA) is 32.3 Å². The second-order valence-electron chi connectivity index (χ2n) is 4.83. The molecule has 0 aromatic heterocycles. The molecule has 1 fully saturated rings. The largest absolute Gasteiger partial charge is 0.353 e. The zero-order valence-electron chi connectivity index (χ0n) is 10.3. The van der Waals surface area contributed by atoms with Gasteiger partial charge in [-0.2, -0.15) is 0 Å². The van der Waals surface area contributed by atoms with Crippen molar-refractivity contribution in [2.75, 3.05) is 20.6 Å². The molecule has 1 aliphatic carbocycles. The first-order valence-electron chi connectivity index (χ1n) is 6.07. The van der Waals surface area contributed by atoms with Crippen LogP contribution < -0.4 is 5.32 Å². The Labute approximate surface area is 93.2 Å². The average molecular weight is 212 g/mol. The van der Waals surface area contributed by atoms with Crippen LogP contribution in [0.5, 0.6) is 0 Å². The van der Waals surface area contributed by atoms with Gasteiger partial charge in [-0.3, -0.25) is 4.79 Å². The zero-order chi connectivity index (χ0) is 11.3. The molecule has 0 aromatic rings. The number of carbonyl (C=O) groups excluding carboxylic acids is 1. The fraction of sp³-hybridized carbons (Fsp3) is 0.917. The monoisotopic (exact) mass is 212 g/mol. The quantitative estimate of drug-likeness (QED) is 0.768. The number of carbonyl (C=O) groups is 1. The molecule has 0 aliphatic heterocycles. The molecule has 1 amide bonds. The van der Waals surface area contributed by atoms with Gasteiger partial charge in [0, 0.05) is 19.0 Å². The second kappa shape index (κ2) is 6.11. The lowest BCUT2D eigenvalue weighted by molar-refractivity contribution is -0.122. The first-order valence-corrected chi connectivity index (χ1v) is 6.07. The van der Waals surface area contributed by atoms with Gasteiger partial charge in [-0.05, 0) is 32.9 Å². The van der Waals surface area contributed by atoms with Crippen molar-refractivity contribution in [3.63, 3.8) is 0 Å². The van der Waals surface area contributed by atoms with Gasteiger partial charge in [-0.15, -0.1) is 0 Å². The predicted molar refractivity (Wildman–Crippen MR) is 62.7 cm³/mol. The molecule has 0 aromatic carbocycles. The third-order valence-electron chi connectivity index (χ3n) is 3.18. The van der Waals surface area contributed by atoms with Gasteiger partial charge in [-0.25, -0.2) is 0 Å². The van der Waals surface area contributed by atoms with Crippen LogP contribution in [0.1, 0.15) is 39.0 Å². The lowest BCUT2D eigenvalue weighted by Gasteiger charge is -2.33. The molecule has 0 spiro atoms. The smallest absolute Gasteiger partial charge is 0.219 e. The molecule has 2 unspecified atom stereocenters. The van der Waals surface area contributed by atoms with Gasteiger partial charge in [-0.1, -0.05) is 19.8 Å². The van der Waals surface area contributed by atoms with Gasteiger partial charge >= 0.3 is 0 Å². The molecular formula is C12H24N2O. The van der Waals surface area contributed by atoms with Gasteiger partial charge in [0.25, 0.3) is 0 Å². The summed E-state index contributed by atoms with van der Waals surface area (Å²) in [7, 11) is 4.21. The number of hydrogen-bond donors (Lipinski definition) is 1. The highest BCUT2D eigenvalue weighted by Crippen LogP contribution is 2.24. The third kappa shape index (κ3) is 4.20. The molecule has 3 heteroatoms. The standard InChI is InChI=1S/C12H24N2O/c1-4-12(15)13-11-8-6-5-7-10(11)9-14(2)3/h10-11H,4-9H2,1-3H3,(H,13,15). The fourth-order valence-corrected chi connectivity index (χ4v) is 2.39. The maximum Gasteiger partial charge on any atom is 0.219 e. The van der Waals surface area contributed by atoms with Crippen LogP contribution >= 0.6 is 0 Å². The molecule has 0 radical (unpaired) electrons. The molecule has 3 nitrogen and oxygen atoms in total. The summed E-state index contributed by atoms with van der Waals surface area (Å²) in [5.41, 5.74) is 0. The van der Waals surface area contributed by atoms with Gasteiger partial charge in [0.2, 0.25) is 5.91 Å². The summed E-state index contributed by atoms with van der Waals surface area (Å²) in [5, 5.41) is 3.16. The van der Waals surface area contributed by atoms with Crippen molar-refractivity contribution in [3.05, 3.63) is 0 Å². The van der Waals surface area contributed by atoms with Gasteiger partial charge < -0.3 is 10.2 Å². The molecule has 0 heterocycles. The van der Waals surface area contributed by atoms with E-state index >= 15 is 0 Å². The first kappa shape index (κ1) is 12.5. The Morgan fingerprint density at radius 1 is 1.33 bits per heavy atom. The van der Waals surface area contributed by atoms with Crippen molar-refractivity contribution in [3.8, 4) is 0 Å². The molecule has 0 saturated heterocycles. The minimum atomic E-state index is 0.200. The van der Waals surface area contributed by atoms with Gasteiger partial charge in [0.05, 0.1) is 0 Å². The lowest BCUT2D eigenvalue weighted by atomic mass is 9.84. The van der Waals surface area contributed by atoms with E-state index in [-0.39, 0.29) is 5.91 Å². The lowest BCUT2D eigenvalue weighted by Crippen LogP contribution is -2.45. The summed E-state index contributed by atoms with van der Waals surface area (Å²) in [6, 6.07) is 0.411. The Morgan fingerprint density at radius 3 is 2.60 bits per heavy atom. The number of hydrogen-bond acceptors (Lipinski definition) is 2. The van der Waals surface area contributed by atoms with Crippen molar-refractivity contribution in [2.24, 2.45) is 5.92 Å². The molecule has 15 heavy (non-hydrogen) atoms. The van der Waals surface area contributed by atoms with Crippen LogP contribution in [-0.2, 0) is 4.79 Å². The normalized spacial score (nSPS) is 26.7. The van der Waals surface area contributed by atoms with Crippen LogP contribution in [0.3, 0.4) is 0 Å². The second-order valence-corrected chi connectivity index (χ2v) is 4.83. The van der Waals surface area contributed by atoms with Crippen LogP contribution in [0.2, 0.25) is 0 Å². The Morgan fingerprint density at radius 2 is 2.00 bits per heavy atom. The van der Waals surface area contributed by atoms with E-state index in [1.807, 2.05) is 6.92 Å². The van der Waals surface area contributed by atoms with Crippen LogP contribution in [0.4, 0.5) is 0 Å². The highest BCUT2D eigenvalue weighted by atomic mass is 16.1. The minimum Gasteiger partial charge on any atom is -0.353 e. The van der Waals surface area contributed by atoms with Crippen LogP contribution in [-0.4, -0.2) is 37.5 Å². The van der Waals surface area contributed by atoms with E-state index in [0.717, 1.165) is 13.0 Å². The Bertz CT molecular complexity index is 204. The van der Waals surface area contributed by atoms with Crippen molar-refractivity contribution in [1.29, 1.82) is 0 Å². The molecule has 1 rings (SSSR count). The summed E-state index contributed by atoms with van der Waals surface area (Å²) in [4.78, 5) is 13.6. The minimum absolute atomic E-state index is 0.200. The molecule has 1 N–H and O–H groups in total. The van der Waals surface area contributed by atoms with Crippen LogP contribution in [0.15, 0.2) is 0 Å². The maximum atomic E-state index is 11.4. The summed E-state index contributed by atoms with van der Waals surface area (Å²) < 4.78 is 0. The first-order chi connectivity index (χ1) is 7.13. The number of nitrogens with one attached hydrogen (secondary N) is 1. The molecule has 88 valence electrons. The number of nitrogens with zero attached hydrogens (tertiary/aromatic N) is 1. The van der Waals surface area contributed by atoms with Crippen molar-refractivity contribution in [2.45, 2.75) is 45.1 Å². The van der Waals surface area contributed by atoms with Crippen molar-refractivity contribution >= 4 is 5.91 Å². The van der Waals surface area contributed by atoms with Crippen LogP contribution in [0.25, 0.3) is 0 Å². The van der Waals surface area contributed by atoms with E-state index < -0.39 is 0 Å². The highest BCUT2D eigenvalue weighted by Gasteiger charge is 2.26. The SMILES string of the molecule is CCC(=O)NC1CCCCC1CN(C)C. The van der Waals surface area contributed by atoms with E-state index in [4.69, 9.17) is 0 Å². The molecule has 1 aliphatic rings. The fourth-order valence-electron chi connectivity index (χ4n) is 2.39. The molecule has 0 bridgehead atoms. The number of amides is 1. The van der Waals surface area contributed by atoms with Crippen molar-refractivity contribution < 1.29 is 4.79 Å². The summed E-state index contributed by atoms with van der Waals surface area (Å²) in [5.74, 6) is 0.843. The average Bonchev–Trinajstić information content (AvgIpc) is 2.20. The Hall–Kier alpha value is -0.570. The number of rotatable bonds is 4. The van der Waals surface area contributed by atoms with Crippen LogP contribution in [0, 0.1) is 5.92 Å². The predicted octanol–water partition coefficient (Wildman–Crippen LogP) is 1.63. The van der Waals surface area contributed by atoms with E-state index in [2.05, 4.69) is 24.3 Å². The third-order valence-corrected chi connectivity index (χ3v) is 3.18. The van der Waals surface area contributed by atoms with Crippen molar-refractivity contribution in [1.82, 2.24) is 10.2 Å². The highest BCUT2D eigenvalue weighted by molar-refractivity contribution is 5.75.